The van der Waals surface area contributed by atoms with E-state index < -0.39 is 0 Å². The van der Waals surface area contributed by atoms with Crippen LogP contribution in [-0.2, 0) is 4.74 Å². The Hall–Kier alpha value is -1.18. The van der Waals surface area contributed by atoms with Crippen LogP contribution in [0.1, 0.15) is 9.67 Å². The molecule has 0 aliphatic heterocycles. The van der Waals surface area contributed by atoms with Gasteiger partial charge in [-0.25, -0.2) is 10.2 Å². The summed E-state index contributed by atoms with van der Waals surface area (Å²) in [5.74, 6) is 3.01. The maximum absolute atomic E-state index is 11.2. The van der Waals surface area contributed by atoms with Crippen molar-refractivity contribution in [3.8, 4) is 0 Å². The molecule has 0 unspecified atom stereocenters. The number of thiocarbonyl (C=S) groups is 1. The van der Waals surface area contributed by atoms with Crippen molar-refractivity contribution in [3.63, 3.8) is 0 Å². The molecule has 1 rings (SSSR count). The normalized spacial score (nSPS) is 9.29. The van der Waals surface area contributed by atoms with E-state index in [0.717, 1.165) is 0 Å². The molecule has 1 heterocycles. The zero-order chi connectivity index (χ0) is 10.6. The van der Waals surface area contributed by atoms with Gasteiger partial charge in [0.1, 0.15) is 4.88 Å². The van der Waals surface area contributed by atoms with Gasteiger partial charge in [0, 0.05) is 0 Å². The van der Waals surface area contributed by atoms with Crippen LogP contribution < -0.4 is 16.6 Å². The molecule has 0 saturated carbocycles. The standard InChI is InChI=1S/C7H9N3O2S2/c1-12-6(11)5-4(2-3-14-5)9-7(13)10-8/h2-3H,8H2,1H3,(H2,9,10,13)/p+1. The van der Waals surface area contributed by atoms with Gasteiger partial charge in [-0.05, 0) is 23.7 Å². The van der Waals surface area contributed by atoms with Crippen molar-refractivity contribution in [3.05, 3.63) is 16.3 Å². The van der Waals surface area contributed by atoms with Crippen molar-refractivity contribution in [2.24, 2.45) is 0 Å². The lowest BCUT2D eigenvalue weighted by Gasteiger charge is -2.04. The van der Waals surface area contributed by atoms with Crippen molar-refractivity contribution in [1.82, 2.24) is 5.43 Å². The minimum Gasteiger partial charge on any atom is -0.465 e. The number of hydrogen-bond acceptors (Lipinski definition) is 4. The van der Waals surface area contributed by atoms with Crippen molar-refractivity contribution in [1.29, 1.82) is 0 Å². The summed E-state index contributed by atoms with van der Waals surface area (Å²) in [5, 5.41) is 4.96. The Balaban J connectivity index is 2.82. The molecule has 5 nitrogen and oxygen atoms in total. The highest BCUT2D eigenvalue weighted by molar-refractivity contribution is 7.80. The van der Waals surface area contributed by atoms with E-state index in [1.165, 1.54) is 18.4 Å². The van der Waals surface area contributed by atoms with Crippen molar-refractivity contribution in [2.45, 2.75) is 0 Å². The first-order chi connectivity index (χ1) is 6.69. The molecule has 0 saturated heterocycles. The summed E-state index contributed by atoms with van der Waals surface area (Å²) in [7, 11) is 1.34. The summed E-state index contributed by atoms with van der Waals surface area (Å²) in [4.78, 5) is 11.7. The second-order valence-electron chi connectivity index (χ2n) is 2.29. The molecule has 1 aromatic rings. The van der Waals surface area contributed by atoms with E-state index in [4.69, 9.17) is 12.2 Å². The highest BCUT2D eigenvalue weighted by Crippen LogP contribution is 2.22. The Morgan fingerprint density at radius 3 is 3.00 bits per heavy atom. The van der Waals surface area contributed by atoms with Crippen LogP contribution >= 0.6 is 23.6 Å². The van der Waals surface area contributed by atoms with Crippen molar-refractivity contribution in [2.75, 3.05) is 12.4 Å². The van der Waals surface area contributed by atoms with Gasteiger partial charge in [0.15, 0.2) is 0 Å². The number of anilines is 1. The lowest BCUT2D eigenvalue weighted by molar-refractivity contribution is -0.418. The van der Waals surface area contributed by atoms with Crippen LogP contribution in [0.25, 0.3) is 0 Å². The van der Waals surface area contributed by atoms with Gasteiger partial charge in [0.2, 0.25) is 5.11 Å². The van der Waals surface area contributed by atoms with E-state index in [9.17, 15) is 4.79 Å². The highest BCUT2D eigenvalue weighted by atomic mass is 32.1. The smallest absolute Gasteiger partial charge is 0.350 e. The molecule has 0 amide bonds. The molecule has 0 radical (unpaired) electrons. The molecule has 0 spiro atoms. The van der Waals surface area contributed by atoms with Crippen LogP contribution in [0.3, 0.4) is 0 Å². The van der Waals surface area contributed by atoms with Crippen LogP contribution in [0.15, 0.2) is 11.4 Å². The van der Waals surface area contributed by atoms with Gasteiger partial charge in [-0.3, -0.25) is 5.84 Å². The molecule has 0 fully saturated rings. The second-order valence-corrected chi connectivity index (χ2v) is 3.61. The van der Waals surface area contributed by atoms with Gasteiger partial charge in [-0.2, -0.15) is 0 Å². The SMILES string of the molecule is COC(=O)c1sccc1NC(=S)N[NH3+]. The summed E-state index contributed by atoms with van der Waals surface area (Å²) in [6.45, 7) is 0. The molecule has 1 aromatic heterocycles. The number of rotatable bonds is 2. The highest BCUT2D eigenvalue weighted by Gasteiger charge is 2.13. The minimum atomic E-state index is -0.380. The zero-order valence-electron chi connectivity index (χ0n) is 7.49. The average molecular weight is 232 g/mol. The first kappa shape index (κ1) is 10.9. The summed E-state index contributed by atoms with van der Waals surface area (Å²) >= 11 is 6.14. The number of esters is 1. The Bertz CT molecular complexity index is 350. The fourth-order valence-electron chi connectivity index (χ4n) is 0.825. The summed E-state index contributed by atoms with van der Waals surface area (Å²) in [5.41, 5.74) is 3.14. The maximum Gasteiger partial charge on any atom is 0.350 e. The number of quaternary nitrogens is 1. The van der Waals surface area contributed by atoms with E-state index in [2.05, 4.69) is 21.3 Å². The number of methoxy groups -OCH3 is 1. The Kier molecular flexibility index (Phi) is 3.81. The monoisotopic (exact) mass is 232 g/mol. The molecule has 7 heteroatoms. The van der Waals surface area contributed by atoms with E-state index in [0.29, 0.717) is 15.7 Å². The minimum absolute atomic E-state index is 0.355. The van der Waals surface area contributed by atoms with Crippen LogP contribution in [0.4, 0.5) is 5.69 Å². The third-order valence-corrected chi connectivity index (χ3v) is 2.59. The summed E-state index contributed by atoms with van der Waals surface area (Å²) in [6.07, 6.45) is 0. The molecule has 5 N–H and O–H groups in total. The van der Waals surface area contributed by atoms with Gasteiger partial charge in [-0.1, -0.05) is 0 Å². The topological polar surface area (TPSA) is 78.0 Å². The number of ether oxygens (including phenoxy) is 1. The first-order valence-electron chi connectivity index (χ1n) is 3.69. The summed E-state index contributed by atoms with van der Waals surface area (Å²) < 4.78 is 4.60. The number of thiophene rings is 1. The van der Waals surface area contributed by atoms with E-state index in [1.54, 1.807) is 11.4 Å². The fourth-order valence-corrected chi connectivity index (χ4v) is 1.70. The first-order valence-corrected chi connectivity index (χ1v) is 4.97. The maximum atomic E-state index is 11.2. The fraction of sp³-hybridized carbons (Fsp3) is 0.143. The quantitative estimate of drug-likeness (QED) is 0.379. The number of hydrogen-bond donors (Lipinski definition) is 3. The van der Waals surface area contributed by atoms with Gasteiger partial charge in [0.25, 0.3) is 0 Å². The van der Waals surface area contributed by atoms with Crippen LogP contribution in [0, 0.1) is 0 Å². The van der Waals surface area contributed by atoms with Gasteiger partial charge < -0.3 is 10.1 Å². The Labute approximate surface area is 90.2 Å². The van der Waals surface area contributed by atoms with E-state index in [-0.39, 0.29) is 5.97 Å². The lowest BCUT2D eigenvalue weighted by atomic mass is 10.4. The predicted octanol–water partition coefficient (Wildman–Crippen LogP) is -0.0220. The molecule has 76 valence electrons. The zero-order valence-corrected chi connectivity index (χ0v) is 9.13. The average Bonchev–Trinajstić information content (AvgIpc) is 2.64. The van der Waals surface area contributed by atoms with E-state index >= 15 is 0 Å². The van der Waals surface area contributed by atoms with Crippen LogP contribution in [-0.4, -0.2) is 18.2 Å². The van der Waals surface area contributed by atoms with Gasteiger partial charge in [0.05, 0.1) is 12.8 Å². The molecular weight excluding hydrogens is 222 g/mol. The molecular formula is C7H10N3O2S2+. The molecule has 0 aliphatic rings. The molecule has 0 aromatic carbocycles. The molecule has 14 heavy (non-hydrogen) atoms. The third-order valence-electron chi connectivity index (χ3n) is 1.44. The molecule has 0 bridgehead atoms. The van der Waals surface area contributed by atoms with Crippen molar-refractivity contribution < 1.29 is 15.4 Å². The third kappa shape index (κ3) is 2.41. The second kappa shape index (κ2) is 4.89. The largest absolute Gasteiger partial charge is 0.465 e. The summed E-state index contributed by atoms with van der Waals surface area (Å²) in [6, 6.07) is 1.75. The van der Waals surface area contributed by atoms with Gasteiger partial charge >= 0.3 is 5.97 Å². The van der Waals surface area contributed by atoms with E-state index in [1.807, 2.05) is 0 Å². The number of nitrogens with one attached hydrogen (secondary N) is 2. The predicted molar refractivity (Wildman–Crippen MR) is 57.9 cm³/mol. The molecule has 0 aliphatic carbocycles. The lowest BCUT2D eigenvalue weighted by Crippen LogP contribution is -2.68. The van der Waals surface area contributed by atoms with Crippen LogP contribution in [0.5, 0.6) is 0 Å². The van der Waals surface area contributed by atoms with Crippen molar-refractivity contribution >= 4 is 40.3 Å². The van der Waals surface area contributed by atoms with Gasteiger partial charge in [-0.15, -0.1) is 11.3 Å². The van der Waals surface area contributed by atoms with Crippen LogP contribution in [0.2, 0.25) is 0 Å². The number of carbonyl (C=O) groups is 1. The Morgan fingerprint density at radius 2 is 2.43 bits per heavy atom. The molecule has 0 atom stereocenters. The Morgan fingerprint density at radius 1 is 1.71 bits per heavy atom. The number of carbonyl (C=O) groups excluding carboxylic acids is 1.